The number of carbonyl (C=O) groups is 1. The zero-order valence-corrected chi connectivity index (χ0v) is 17.7. The highest BCUT2D eigenvalue weighted by Crippen LogP contribution is 2.13. The van der Waals surface area contributed by atoms with Crippen LogP contribution in [0.3, 0.4) is 0 Å². The van der Waals surface area contributed by atoms with Crippen molar-refractivity contribution in [3.63, 3.8) is 0 Å². The van der Waals surface area contributed by atoms with Gasteiger partial charge in [0.2, 0.25) is 0 Å². The smallest absolute Gasteiger partial charge is 0.331 e. The Kier molecular flexibility index (Phi) is 5.85. The van der Waals surface area contributed by atoms with Crippen molar-refractivity contribution >= 4 is 16.8 Å². The van der Waals surface area contributed by atoms with E-state index in [9.17, 15) is 14.4 Å². The molecule has 1 N–H and O–H groups in total. The van der Waals surface area contributed by atoms with Gasteiger partial charge in [-0.3, -0.25) is 23.7 Å². The normalized spacial score (nSPS) is 10.8. The first-order valence-corrected chi connectivity index (χ1v) is 10.0. The number of nitrogens with zero attached hydrogens (tertiary/aromatic N) is 3. The first kappa shape index (κ1) is 21.0. The Morgan fingerprint density at radius 3 is 2.41 bits per heavy atom. The molecule has 162 valence electrons. The fourth-order valence-corrected chi connectivity index (χ4v) is 3.50. The number of hydrogen-bond acceptors (Lipinski definition) is 5. The molecule has 4 aromatic rings. The number of ether oxygens (including phenoxy) is 1. The molecule has 0 saturated heterocycles. The zero-order chi connectivity index (χ0) is 22.7. The summed E-state index contributed by atoms with van der Waals surface area (Å²) in [5, 5.41) is 3.16. The van der Waals surface area contributed by atoms with E-state index in [1.165, 1.54) is 10.6 Å². The SMILES string of the molecule is COc1ccc(CNC(=O)c2ccc3c(c2)c(=O)n(Cc2ccncc2)c(=O)n3C)cc1. The van der Waals surface area contributed by atoms with Gasteiger partial charge in [-0.15, -0.1) is 0 Å². The van der Waals surface area contributed by atoms with E-state index in [0.717, 1.165) is 21.4 Å². The van der Waals surface area contributed by atoms with Gasteiger partial charge in [0.1, 0.15) is 5.75 Å². The number of methoxy groups -OCH3 is 1. The topological polar surface area (TPSA) is 95.2 Å². The van der Waals surface area contributed by atoms with Crippen LogP contribution in [0.15, 0.2) is 76.6 Å². The molecule has 2 heterocycles. The molecule has 0 radical (unpaired) electrons. The highest BCUT2D eigenvalue weighted by atomic mass is 16.5. The van der Waals surface area contributed by atoms with Gasteiger partial charge in [-0.25, -0.2) is 4.79 Å². The van der Waals surface area contributed by atoms with Gasteiger partial charge in [-0.05, 0) is 53.6 Å². The molecule has 1 amide bonds. The number of amides is 1. The molecule has 2 aromatic heterocycles. The Hall–Kier alpha value is -4.20. The molecule has 0 aliphatic rings. The Morgan fingerprint density at radius 2 is 1.72 bits per heavy atom. The van der Waals surface area contributed by atoms with Gasteiger partial charge in [0, 0.05) is 31.5 Å². The van der Waals surface area contributed by atoms with E-state index in [1.54, 1.807) is 50.8 Å². The first-order chi connectivity index (χ1) is 15.5. The van der Waals surface area contributed by atoms with Gasteiger partial charge in [0.15, 0.2) is 0 Å². The molecule has 0 bridgehead atoms. The molecule has 2 aromatic carbocycles. The fourth-order valence-electron chi connectivity index (χ4n) is 3.50. The van der Waals surface area contributed by atoms with E-state index in [-0.39, 0.29) is 12.5 Å². The number of benzene rings is 2. The molecule has 4 rings (SSSR count). The predicted octanol–water partition coefficient (Wildman–Crippen LogP) is 2.08. The standard InChI is InChI=1S/C24H22N4O4/c1-27-21-8-5-18(22(29)26-14-16-3-6-19(32-2)7-4-16)13-20(21)23(30)28(24(27)31)15-17-9-11-25-12-10-17/h3-13H,14-15H2,1-2H3,(H,26,29). The largest absolute Gasteiger partial charge is 0.497 e. The molecule has 0 spiro atoms. The Bertz CT molecular complexity index is 1390. The predicted molar refractivity (Wildman–Crippen MR) is 121 cm³/mol. The Morgan fingerprint density at radius 1 is 1.00 bits per heavy atom. The summed E-state index contributed by atoms with van der Waals surface area (Å²) in [6.07, 6.45) is 3.22. The van der Waals surface area contributed by atoms with Crippen LogP contribution in [0, 0.1) is 0 Å². The summed E-state index contributed by atoms with van der Waals surface area (Å²) in [6.45, 7) is 0.457. The number of pyridine rings is 1. The van der Waals surface area contributed by atoms with Crippen LogP contribution in [-0.4, -0.2) is 27.1 Å². The van der Waals surface area contributed by atoms with Gasteiger partial charge in [0.05, 0.1) is 24.6 Å². The zero-order valence-electron chi connectivity index (χ0n) is 17.7. The van der Waals surface area contributed by atoms with Crippen LogP contribution in [0.5, 0.6) is 5.75 Å². The van der Waals surface area contributed by atoms with Crippen molar-refractivity contribution in [2.24, 2.45) is 7.05 Å². The Balaban J connectivity index is 1.64. The highest BCUT2D eigenvalue weighted by molar-refractivity contribution is 5.97. The second kappa shape index (κ2) is 8.89. The van der Waals surface area contributed by atoms with Crippen molar-refractivity contribution in [3.8, 4) is 5.75 Å². The molecule has 8 nitrogen and oxygen atoms in total. The fraction of sp³-hybridized carbons (Fsp3) is 0.167. The number of nitrogens with one attached hydrogen (secondary N) is 1. The summed E-state index contributed by atoms with van der Waals surface area (Å²) in [5.41, 5.74) is 1.66. The van der Waals surface area contributed by atoms with Gasteiger partial charge in [0.25, 0.3) is 11.5 Å². The van der Waals surface area contributed by atoms with Crippen LogP contribution < -0.4 is 21.3 Å². The number of aromatic nitrogens is 3. The summed E-state index contributed by atoms with van der Waals surface area (Å²) in [5.74, 6) is 0.430. The van der Waals surface area contributed by atoms with Crippen LogP contribution in [0.25, 0.3) is 10.9 Å². The molecular weight excluding hydrogens is 408 g/mol. The van der Waals surface area contributed by atoms with Gasteiger partial charge in [-0.1, -0.05) is 12.1 Å². The third-order valence-corrected chi connectivity index (χ3v) is 5.32. The van der Waals surface area contributed by atoms with Crippen LogP contribution in [0.1, 0.15) is 21.5 Å². The maximum absolute atomic E-state index is 13.1. The lowest BCUT2D eigenvalue weighted by atomic mass is 10.1. The van der Waals surface area contributed by atoms with Crippen molar-refractivity contribution in [1.82, 2.24) is 19.4 Å². The lowest BCUT2D eigenvalue weighted by molar-refractivity contribution is 0.0951. The van der Waals surface area contributed by atoms with Crippen LogP contribution in [-0.2, 0) is 20.1 Å². The van der Waals surface area contributed by atoms with Crippen molar-refractivity contribution in [1.29, 1.82) is 0 Å². The van der Waals surface area contributed by atoms with E-state index in [0.29, 0.717) is 23.0 Å². The number of aryl methyl sites for hydroxylation is 1. The van der Waals surface area contributed by atoms with Crippen LogP contribution in [0.4, 0.5) is 0 Å². The quantitative estimate of drug-likeness (QED) is 0.505. The number of carbonyl (C=O) groups excluding carboxylic acids is 1. The van der Waals surface area contributed by atoms with Gasteiger partial charge < -0.3 is 10.1 Å². The Labute approximate surface area is 183 Å². The van der Waals surface area contributed by atoms with Gasteiger partial charge >= 0.3 is 5.69 Å². The third kappa shape index (κ3) is 4.15. The second-order valence-corrected chi connectivity index (χ2v) is 7.35. The second-order valence-electron chi connectivity index (χ2n) is 7.35. The monoisotopic (exact) mass is 430 g/mol. The van der Waals surface area contributed by atoms with Crippen molar-refractivity contribution in [2.75, 3.05) is 7.11 Å². The van der Waals surface area contributed by atoms with Crippen molar-refractivity contribution in [3.05, 3.63) is 105 Å². The minimum Gasteiger partial charge on any atom is -0.497 e. The maximum Gasteiger partial charge on any atom is 0.331 e. The number of rotatable bonds is 6. The minimum atomic E-state index is -0.440. The summed E-state index contributed by atoms with van der Waals surface area (Å²) in [7, 11) is 3.20. The van der Waals surface area contributed by atoms with E-state index in [2.05, 4.69) is 10.3 Å². The lowest BCUT2D eigenvalue weighted by Gasteiger charge is -2.12. The van der Waals surface area contributed by atoms with Crippen LogP contribution >= 0.6 is 0 Å². The summed E-state index contributed by atoms with van der Waals surface area (Å²) in [6, 6.07) is 15.6. The van der Waals surface area contributed by atoms with Crippen molar-refractivity contribution < 1.29 is 9.53 Å². The summed E-state index contributed by atoms with van der Waals surface area (Å²) >= 11 is 0. The average Bonchev–Trinajstić information content (AvgIpc) is 2.84. The molecule has 8 heteroatoms. The molecule has 32 heavy (non-hydrogen) atoms. The molecule has 0 aliphatic heterocycles. The summed E-state index contributed by atoms with van der Waals surface area (Å²) < 4.78 is 7.71. The first-order valence-electron chi connectivity index (χ1n) is 10.0. The van der Waals surface area contributed by atoms with E-state index < -0.39 is 11.2 Å². The third-order valence-electron chi connectivity index (χ3n) is 5.32. The molecule has 0 fully saturated rings. The molecule has 0 aliphatic carbocycles. The highest BCUT2D eigenvalue weighted by Gasteiger charge is 2.14. The van der Waals surface area contributed by atoms with Crippen LogP contribution in [0.2, 0.25) is 0 Å². The average molecular weight is 430 g/mol. The van der Waals surface area contributed by atoms with E-state index in [1.807, 2.05) is 24.3 Å². The summed E-state index contributed by atoms with van der Waals surface area (Å²) in [4.78, 5) is 42.5. The lowest BCUT2D eigenvalue weighted by Crippen LogP contribution is -2.39. The maximum atomic E-state index is 13.1. The number of hydrogen-bond donors (Lipinski definition) is 1. The van der Waals surface area contributed by atoms with Gasteiger partial charge in [-0.2, -0.15) is 0 Å². The van der Waals surface area contributed by atoms with E-state index in [4.69, 9.17) is 4.74 Å². The van der Waals surface area contributed by atoms with Crippen molar-refractivity contribution in [2.45, 2.75) is 13.1 Å². The molecule has 0 saturated carbocycles. The molecular formula is C24H22N4O4. The molecule has 0 unspecified atom stereocenters. The molecule has 0 atom stereocenters. The number of fused-ring (bicyclic) bond motifs is 1. The minimum absolute atomic E-state index is 0.123. The van der Waals surface area contributed by atoms with E-state index >= 15 is 0 Å².